The first-order chi connectivity index (χ1) is 9.52. The van der Waals surface area contributed by atoms with Crippen molar-refractivity contribution < 1.29 is 18.3 Å². The van der Waals surface area contributed by atoms with Crippen molar-refractivity contribution in [3.63, 3.8) is 0 Å². The second kappa shape index (κ2) is 6.53. The van der Waals surface area contributed by atoms with Crippen LogP contribution in [0.2, 0.25) is 0 Å². The molecule has 2 rings (SSSR count). The fourth-order valence-corrected chi connectivity index (χ4v) is 2.41. The van der Waals surface area contributed by atoms with E-state index in [4.69, 9.17) is 5.11 Å². The van der Waals surface area contributed by atoms with Crippen molar-refractivity contribution in [1.82, 2.24) is 19.7 Å². The Hall–Kier alpha value is -1.15. The summed E-state index contributed by atoms with van der Waals surface area (Å²) in [5, 5.41) is 15.6. The first-order valence-electron chi connectivity index (χ1n) is 6.85. The highest BCUT2D eigenvalue weighted by molar-refractivity contribution is 5.02. The molecule has 0 aromatic carbocycles. The van der Waals surface area contributed by atoms with Gasteiger partial charge in [-0.2, -0.15) is 13.2 Å². The molecule has 0 fully saturated rings. The Labute approximate surface area is 115 Å². The third-order valence-corrected chi connectivity index (χ3v) is 3.47. The highest BCUT2D eigenvalue weighted by atomic mass is 19.4. The lowest BCUT2D eigenvalue weighted by atomic mass is 10.2. The minimum absolute atomic E-state index is 0.215. The van der Waals surface area contributed by atoms with Gasteiger partial charge in [0.1, 0.15) is 5.82 Å². The maximum absolute atomic E-state index is 12.7. The molecule has 8 heteroatoms. The van der Waals surface area contributed by atoms with Crippen molar-refractivity contribution in [2.75, 3.05) is 19.7 Å². The van der Waals surface area contributed by atoms with E-state index in [1.54, 1.807) is 0 Å². The van der Waals surface area contributed by atoms with Gasteiger partial charge < -0.3 is 9.67 Å². The highest BCUT2D eigenvalue weighted by Gasteiger charge is 2.39. The minimum Gasteiger partial charge on any atom is -0.396 e. The third kappa shape index (κ3) is 3.69. The molecule has 1 aliphatic heterocycles. The zero-order valence-electron chi connectivity index (χ0n) is 11.2. The summed E-state index contributed by atoms with van der Waals surface area (Å²) >= 11 is 0. The number of alkyl halides is 3. The predicted molar refractivity (Wildman–Crippen MR) is 65.9 cm³/mol. The van der Waals surface area contributed by atoms with Crippen LogP contribution in [-0.2, 0) is 19.3 Å². The fourth-order valence-electron chi connectivity index (χ4n) is 2.41. The number of fused-ring (bicyclic) bond motifs is 1. The Morgan fingerprint density at radius 3 is 2.50 bits per heavy atom. The van der Waals surface area contributed by atoms with E-state index in [0.717, 1.165) is 32.2 Å². The van der Waals surface area contributed by atoms with Crippen LogP contribution in [0.15, 0.2) is 0 Å². The molecule has 5 nitrogen and oxygen atoms in total. The molecule has 0 spiro atoms. The summed E-state index contributed by atoms with van der Waals surface area (Å²) in [7, 11) is 0. The van der Waals surface area contributed by atoms with Gasteiger partial charge in [-0.1, -0.05) is 12.8 Å². The van der Waals surface area contributed by atoms with E-state index in [-0.39, 0.29) is 13.2 Å². The first kappa shape index (κ1) is 15.2. The van der Waals surface area contributed by atoms with Crippen molar-refractivity contribution >= 4 is 0 Å². The fraction of sp³-hybridized carbons (Fsp3) is 0.833. The van der Waals surface area contributed by atoms with E-state index in [2.05, 4.69) is 15.1 Å². The number of aliphatic hydroxyl groups is 1. The van der Waals surface area contributed by atoms with Crippen LogP contribution < -0.4 is 0 Å². The number of aromatic nitrogens is 3. The molecule has 20 heavy (non-hydrogen) atoms. The summed E-state index contributed by atoms with van der Waals surface area (Å²) in [5.41, 5.74) is 0. The lowest BCUT2D eigenvalue weighted by molar-refractivity contribution is -0.148. The highest BCUT2D eigenvalue weighted by Crippen LogP contribution is 2.29. The summed E-state index contributed by atoms with van der Waals surface area (Å²) < 4.78 is 39.2. The second-order valence-electron chi connectivity index (χ2n) is 5.00. The number of hydrogen-bond donors (Lipinski definition) is 1. The van der Waals surface area contributed by atoms with E-state index in [9.17, 15) is 13.2 Å². The van der Waals surface area contributed by atoms with Crippen molar-refractivity contribution in [3.8, 4) is 0 Å². The quantitative estimate of drug-likeness (QED) is 0.810. The number of nitrogens with zero attached hydrogens (tertiary/aromatic N) is 4. The van der Waals surface area contributed by atoms with Crippen LogP contribution in [0.1, 0.15) is 37.3 Å². The van der Waals surface area contributed by atoms with Crippen LogP contribution in [0.3, 0.4) is 0 Å². The standard InChI is InChI=1S/C12H19F3N4O/c13-12(14,15)11-17-16-10-9-18(6-7-19(10)11)5-3-1-2-4-8-20/h20H,1-9H2. The molecule has 1 aromatic rings. The molecule has 0 amide bonds. The maximum Gasteiger partial charge on any atom is 0.451 e. The molecule has 1 aliphatic rings. The minimum atomic E-state index is -4.43. The first-order valence-corrected chi connectivity index (χ1v) is 6.85. The Bertz CT molecular complexity index is 433. The Balaban J connectivity index is 1.84. The van der Waals surface area contributed by atoms with E-state index >= 15 is 0 Å². The molecule has 0 radical (unpaired) electrons. The van der Waals surface area contributed by atoms with Crippen molar-refractivity contribution in [2.45, 2.75) is 44.9 Å². The second-order valence-corrected chi connectivity index (χ2v) is 5.00. The molecule has 1 aromatic heterocycles. The molecule has 0 saturated carbocycles. The van der Waals surface area contributed by atoms with Crippen molar-refractivity contribution in [1.29, 1.82) is 0 Å². The number of aliphatic hydroxyl groups excluding tert-OH is 1. The molecular weight excluding hydrogens is 273 g/mol. The van der Waals surface area contributed by atoms with E-state index < -0.39 is 12.0 Å². The van der Waals surface area contributed by atoms with Crippen LogP contribution in [-0.4, -0.2) is 44.5 Å². The van der Waals surface area contributed by atoms with Gasteiger partial charge in [0, 0.05) is 19.7 Å². The Morgan fingerprint density at radius 2 is 1.80 bits per heavy atom. The average Bonchev–Trinajstić information content (AvgIpc) is 2.81. The van der Waals surface area contributed by atoms with Gasteiger partial charge in [0.2, 0.25) is 5.82 Å². The van der Waals surface area contributed by atoms with Gasteiger partial charge in [0.25, 0.3) is 0 Å². The molecule has 0 saturated heterocycles. The molecule has 0 bridgehead atoms. The number of halogens is 3. The Kier molecular flexibility index (Phi) is 4.98. The third-order valence-electron chi connectivity index (χ3n) is 3.47. The van der Waals surface area contributed by atoms with Gasteiger partial charge in [-0.25, -0.2) is 0 Å². The molecule has 2 heterocycles. The van der Waals surface area contributed by atoms with Crippen LogP contribution in [0.4, 0.5) is 13.2 Å². The normalized spacial score (nSPS) is 16.4. The summed E-state index contributed by atoms with van der Waals surface area (Å²) in [4.78, 5) is 2.10. The van der Waals surface area contributed by atoms with Crippen LogP contribution in [0.25, 0.3) is 0 Å². The van der Waals surface area contributed by atoms with Gasteiger partial charge in [0.05, 0.1) is 6.54 Å². The van der Waals surface area contributed by atoms with Crippen LogP contribution in [0.5, 0.6) is 0 Å². The number of unbranched alkanes of at least 4 members (excludes halogenated alkanes) is 3. The molecule has 0 unspecified atom stereocenters. The average molecular weight is 292 g/mol. The van der Waals surface area contributed by atoms with Gasteiger partial charge in [0.15, 0.2) is 0 Å². The molecule has 114 valence electrons. The van der Waals surface area contributed by atoms with E-state index in [1.165, 1.54) is 4.57 Å². The summed E-state index contributed by atoms with van der Waals surface area (Å²) in [5.74, 6) is -0.506. The summed E-state index contributed by atoms with van der Waals surface area (Å²) in [6.07, 6.45) is -0.627. The van der Waals surface area contributed by atoms with Gasteiger partial charge in [-0.15, -0.1) is 10.2 Å². The van der Waals surface area contributed by atoms with Crippen LogP contribution in [0, 0.1) is 0 Å². The monoisotopic (exact) mass is 292 g/mol. The smallest absolute Gasteiger partial charge is 0.396 e. The molecule has 0 atom stereocenters. The van der Waals surface area contributed by atoms with Gasteiger partial charge in [-0.05, 0) is 19.4 Å². The van der Waals surface area contributed by atoms with Gasteiger partial charge in [-0.3, -0.25) is 4.90 Å². The summed E-state index contributed by atoms with van der Waals surface area (Å²) in [6, 6.07) is 0. The van der Waals surface area contributed by atoms with E-state index in [0.29, 0.717) is 18.9 Å². The lowest BCUT2D eigenvalue weighted by Gasteiger charge is -2.27. The Morgan fingerprint density at radius 1 is 1.05 bits per heavy atom. The van der Waals surface area contributed by atoms with Crippen molar-refractivity contribution in [2.24, 2.45) is 0 Å². The molecule has 1 N–H and O–H groups in total. The van der Waals surface area contributed by atoms with E-state index in [1.807, 2.05) is 0 Å². The topological polar surface area (TPSA) is 54.2 Å². The zero-order chi connectivity index (χ0) is 14.6. The van der Waals surface area contributed by atoms with Gasteiger partial charge >= 0.3 is 6.18 Å². The maximum atomic E-state index is 12.7. The largest absolute Gasteiger partial charge is 0.451 e. The van der Waals surface area contributed by atoms with Crippen molar-refractivity contribution in [3.05, 3.63) is 11.6 Å². The number of hydrogen-bond acceptors (Lipinski definition) is 4. The molecule has 0 aliphatic carbocycles. The van der Waals surface area contributed by atoms with Crippen LogP contribution >= 0.6 is 0 Å². The lowest BCUT2D eigenvalue weighted by Crippen LogP contribution is -2.35. The zero-order valence-corrected chi connectivity index (χ0v) is 11.2. The predicted octanol–water partition coefficient (Wildman–Crippen LogP) is 1.67. The molecular formula is C12H19F3N4O. The SMILES string of the molecule is OCCCCCCN1CCn2c(nnc2C(F)(F)F)C1. The number of rotatable bonds is 6. The summed E-state index contributed by atoms with van der Waals surface area (Å²) in [6.45, 7) is 2.36.